The van der Waals surface area contributed by atoms with Gasteiger partial charge in [-0.05, 0) is 30.3 Å². The Morgan fingerprint density at radius 2 is 1.79 bits per heavy atom. The summed E-state index contributed by atoms with van der Waals surface area (Å²) in [5.74, 6) is -0.853. The van der Waals surface area contributed by atoms with Gasteiger partial charge in [0.15, 0.2) is 5.75 Å². The van der Waals surface area contributed by atoms with Crippen LogP contribution >= 0.6 is 11.3 Å². The Bertz CT molecular complexity index is 890. The molecule has 124 valence electrons. The molecule has 2 aromatic heterocycles. The van der Waals surface area contributed by atoms with E-state index in [-0.39, 0.29) is 16.4 Å². The Labute approximate surface area is 136 Å². The third-order valence-corrected chi connectivity index (χ3v) is 3.96. The van der Waals surface area contributed by atoms with Gasteiger partial charge in [0, 0.05) is 11.6 Å². The highest BCUT2D eigenvalue weighted by Gasteiger charge is 2.31. The monoisotopic (exact) mass is 355 g/mol. The van der Waals surface area contributed by atoms with Crippen molar-refractivity contribution in [2.24, 2.45) is 0 Å². The molecule has 0 spiro atoms. The maximum atomic E-state index is 12.1. The molecule has 0 radical (unpaired) electrons. The number of hydrogen-bond acceptors (Lipinski definition) is 5. The number of halogens is 3. The molecule has 1 aromatic carbocycles. The zero-order valence-corrected chi connectivity index (χ0v) is 12.5. The molecule has 5 nitrogen and oxygen atoms in total. The number of ether oxygens (including phenoxy) is 2. The Morgan fingerprint density at radius 1 is 1.12 bits per heavy atom. The lowest BCUT2D eigenvalue weighted by atomic mass is 10.3. The SMILES string of the molecule is O=C(O)c1cc2c(Oc3ccc(OC(F)(F)F)cc3)cncc2s1. The van der Waals surface area contributed by atoms with E-state index < -0.39 is 12.3 Å². The summed E-state index contributed by atoms with van der Waals surface area (Å²) in [6.45, 7) is 0. The highest BCUT2D eigenvalue weighted by Crippen LogP contribution is 2.35. The van der Waals surface area contributed by atoms with Crippen molar-refractivity contribution >= 4 is 27.4 Å². The molecule has 0 aliphatic heterocycles. The molecule has 0 atom stereocenters. The van der Waals surface area contributed by atoms with Crippen LogP contribution in [0.3, 0.4) is 0 Å². The third kappa shape index (κ3) is 3.57. The number of carboxylic acid groups (broad SMARTS) is 1. The van der Waals surface area contributed by atoms with Gasteiger partial charge in [0.2, 0.25) is 0 Å². The fourth-order valence-corrected chi connectivity index (χ4v) is 2.84. The van der Waals surface area contributed by atoms with Crippen LogP contribution in [-0.4, -0.2) is 22.4 Å². The van der Waals surface area contributed by atoms with Gasteiger partial charge in [-0.15, -0.1) is 24.5 Å². The van der Waals surface area contributed by atoms with E-state index in [9.17, 15) is 18.0 Å². The number of nitrogens with zero attached hydrogens (tertiary/aromatic N) is 1. The van der Waals surface area contributed by atoms with Gasteiger partial charge < -0.3 is 14.6 Å². The second-order valence-corrected chi connectivity index (χ2v) is 5.67. The van der Waals surface area contributed by atoms with Crippen LogP contribution in [0, 0.1) is 0 Å². The van der Waals surface area contributed by atoms with Crippen LogP contribution in [0.15, 0.2) is 42.7 Å². The molecular formula is C15H8F3NO4S. The van der Waals surface area contributed by atoms with Crippen LogP contribution < -0.4 is 9.47 Å². The number of fused-ring (bicyclic) bond motifs is 1. The molecule has 0 saturated carbocycles. The molecule has 3 aromatic rings. The van der Waals surface area contributed by atoms with Gasteiger partial charge >= 0.3 is 12.3 Å². The predicted octanol–water partition coefficient (Wildman–Crippen LogP) is 4.69. The number of aromatic carboxylic acids is 1. The fourth-order valence-electron chi connectivity index (χ4n) is 1.96. The Kier molecular flexibility index (Phi) is 4.02. The smallest absolute Gasteiger partial charge is 0.477 e. The largest absolute Gasteiger partial charge is 0.573 e. The van der Waals surface area contributed by atoms with Crippen LogP contribution in [-0.2, 0) is 0 Å². The molecule has 1 N–H and O–H groups in total. The molecule has 2 heterocycles. The van der Waals surface area contributed by atoms with Crippen molar-refractivity contribution in [3.05, 3.63) is 47.6 Å². The van der Waals surface area contributed by atoms with Crippen LogP contribution in [0.1, 0.15) is 9.67 Å². The van der Waals surface area contributed by atoms with E-state index in [2.05, 4.69) is 9.72 Å². The summed E-state index contributed by atoms with van der Waals surface area (Å²) in [6.07, 6.45) is -1.85. The first-order valence-corrected chi connectivity index (χ1v) is 7.28. The number of aromatic nitrogens is 1. The maximum Gasteiger partial charge on any atom is 0.573 e. The molecule has 0 amide bonds. The normalized spacial score (nSPS) is 11.5. The summed E-state index contributed by atoms with van der Waals surface area (Å²) < 4.78 is 46.4. The van der Waals surface area contributed by atoms with Crippen molar-refractivity contribution in [2.45, 2.75) is 6.36 Å². The lowest BCUT2D eigenvalue weighted by Gasteiger charge is -2.10. The van der Waals surface area contributed by atoms with Gasteiger partial charge in [-0.25, -0.2) is 4.79 Å². The van der Waals surface area contributed by atoms with Crippen molar-refractivity contribution in [2.75, 3.05) is 0 Å². The third-order valence-electron chi connectivity index (χ3n) is 2.91. The lowest BCUT2D eigenvalue weighted by molar-refractivity contribution is -0.274. The molecule has 0 aliphatic rings. The number of carboxylic acids is 1. The lowest BCUT2D eigenvalue weighted by Crippen LogP contribution is -2.16. The first kappa shape index (κ1) is 16.1. The molecule has 0 bridgehead atoms. The first-order valence-electron chi connectivity index (χ1n) is 6.46. The van der Waals surface area contributed by atoms with Gasteiger partial charge in [0.25, 0.3) is 0 Å². The number of benzene rings is 1. The van der Waals surface area contributed by atoms with E-state index in [4.69, 9.17) is 9.84 Å². The maximum absolute atomic E-state index is 12.1. The quantitative estimate of drug-likeness (QED) is 0.736. The average Bonchev–Trinajstić information content (AvgIpc) is 2.93. The van der Waals surface area contributed by atoms with E-state index in [1.165, 1.54) is 30.6 Å². The standard InChI is InChI=1S/C15H8F3NO4S/c16-15(17,18)23-9-3-1-8(2-4-9)22-11-6-19-7-13-10(11)5-12(24-13)14(20)21/h1-7H,(H,20,21). The summed E-state index contributed by atoms with van der Waals surface area (Å²) in [5.41, 5.74) is 0. The van der Waals surface area contributed by atoms with E-state index in [0.717, 1.165) is 23.5 Å². The topological polar surface area (TPSA) is 68.7 Å². The minimum atomic E-state index is -4.76. The minimum absolute atomic E-state index is 0.136. The van der Waals surface area contributed by atoms with E-state index in [1.807, 2.05) is 0 Å². The minimum Gasteiger partial charge on any atom is -0.477 e. The van der Waals surface area contributed by atoms with Gasteiger partial charge in [0.05, 0.1) is 10.9 Å². The molecule has 0 saturated heterocycles. The first-order chi connectivity index (χ1) is 11.3. The van der Waals surface area contributed by atoms with Crippen LogP contribution in [0.25, 0.3) is 10.1 Å². The summed E-state index contributed by atoms with van der Waals surface area (Å²) in [4.78, 5) is 15.1. The average molecular weight is 355 g/mol. The van der Waals surface area contributed by atoms with Crippen molar-refractivity contribution < 1.29 is 32.5 Å². The highest BCUT2D eigenvalue weighted by atomic mass is 32.1. The molecule has 0 aliphatic carbocycles. The number of thiophene rings is 1. The number of pyridine rings is 1. The summed E-state index contributed by atoms with van der Waals surface area (Å²) >= 11 is 1.05. The van der Waals surface area contributed by atoms with E-state index in [1.54, 1.807) is 0 Å². The zero-order valence-electron chi connectivity index (χ0n) is 11.7. The number of hydrogen-bond donors (Lipinski definition) is 1. The molecule has 0 unspecified atom stereocenters. The second kappa shape index (κ2) is 6.00. The highest BCUT2D eigenvalue weighted by molar-refractivity contribution is 7.20. The Hall–Kier alpha value is -2.81. The van der Waals surface area contributed by atoms with Crippen molar-refractivity contribution in [1.29, 1.82) is 0 Å². The Balaban J connectivity index is 1.86. The van der Waals surface area contributed by atoms with Gasteiger partial charge in [-0.1, -0.05) is 0 Å². The second-order valence-electron chi connectivity index (χ2n) is 4.59. The van der Waals surface area contributed by atoms with Gasteiger partial charge in [0.1, 0.15) is 16.4 Å². The van der Waals surface area contributed by atoms with Crippen molar-refractivity contribution in [1.82, 2.24) is 4.98 Å². The van der Waals surface area contributed by atoms with E-state index >= 15 is 0 Å². The molecule has 3 rings (SSSR count). The zero-order chi connectivity index (χ0) is 17.3. The molecular weight excluding hydrogens is 347 g/mol. The van der Waals surface area contributed by atoms with Crippen LogP contribution in [0.2, 0.25) is 0 Å². The van der Waals surface area contributed by atoms with Crippen LogP contribution in [0.5, 0.6) is 17.2 Å². The van der Waals surface area contributed by atoms with E-state index in [0.29, 0.717) is 15.8 Å². The molecule has 0 fully saturated rings. The summed E-state index contributed by atoms with van der Waals surface area (Å²) in [5, 5.41) is 9.59. The number of alkyl halides is 3. The number of carbonyl (C=O) groups is 1. The van der Waals surface area contributed by atoms with Gasteiger partial charge in [-0.2, -0.15) is 0 Å². The van der Waals surface area contributed by atoms with Gasteiger partial charge in [-0.3, -0.25) is 4.98 Å². The Morgan fingerprint density at radius 3 is 2.42 bits per heavy atom. The summed E-state index contributed by atoms with van der Waals surface area (Å²) in [6, 6.07) is 6.31. The molecule has 24 heavy (non-hydrogen) atoms. The van der Waals surface area contributed by atoms with Crippen molar-refractivity contribution in [3.8, 4) is 17.2 Å². The predicted molar refractivity (Wildman–Crippen MR) is 79.8 cm³/mol. The number of rotatable bonds is 4. The summed E-state index contributed by atoms with van der Waals surface area (Å²) in [7, 11) is 0. The van der Waals surface area contributed by atoms with Crippen LogP contribution in [0.4, 0.5) is 13.2 Å². The fraction of sp³-hybridized carbons (Fsp3) is 0.0667. The molecule has 9 heteroatoms. The van der Waals surface area contributed by atoms with Crippen molar-refractivity contribution in [3.63, 3.8) is 0 Å².